The molecule has 1 nitrogen and oxygen atoms in total. The minimum Gasteiger partial charge on any atom is -0.276 e. The van der Waals surface area contributed by atoms with Crippen molar-refractivity contribution < 1.29 is 4.79 Å². The van der Waals surface area contributed by atoms with E-state index >= 15 is 0 Å². The van der Waals surface area contributed by atoms with Gasteiger partial charge >= 0.3 is 0 Å². The van der Waals surface area contributed by atoms with Gasteiger partial charge in [-0.15, -0.1) is 0 Å². The standard InChI is InChI=1S/C12H9ClO/c1-8-6-7-9-4-2-3-5-10(9)11(8)12(13)14/h2-7H,1H3. The van der Waals surface area contributed by atoms with Crippen LogP contribution in [0.15, 0.2) is 36.4 Å². The summed E-state index contributed by atoms with van der Waals surface area (Å²) in [5.41, 5.74) is 1.54. The van der Waals surface area contributed by atoms with Gasteiger partial charge in [-0.25, -0.2) is 0 Å². The van der Waals surface area contributed by atoms with E-state index in [1.807, 2.05) is 43.3 Å². The fourth-order valence-corrected chi connectivity index (χ4v) is 1.89. The molecule has 0 amide bonds. The lowest BCUT2D eigenvalue weighted by Gasteiger charge is -2.05. The molecule has 0 bridgehead atoms. The summed E-state index contributed by atoms with van der Waals surface area (Å²) in [6.45, 7) is 1.89. The second kappa shape index (κ2) is 3.43. The largest absolute Gasteiger partial charge is 0.276 e. The molecule has 0 fully saturated rings. The molecular weight excluding hydrogens is 196 g/mol. The number of hydrogen-bond acceptors (Lipinski definition) is 1. The molecule has 2 aromatic rings. The van der Waals surface area contributed by atoms with Gasteiger partial charge in [0.2, 0.25) is 0 Å². The summed E-state index contributed by atoms with van der Waals surface area (Å²) in [7, 11) is 0. The molecule has 0 aliphatic carbocycles. The van der Waals surface area contributed by atoms with Crippen molar-refractivity contribution in [2.75, 3.05) is 0 Å². The highest BCUT2D eigenvalue weighted by Crippen LogP contribution is 2.23. The molecule has 0 unspecified atom stereocenters. The Hall–Kier alpha value is -1.34. The van der Waals surface area contributed by atoms with Crippen LogP contribution in [0, 0.1) is 6.92 Å². The molecule has 0 atom stereocenters. The van der Waals surface area contributed by atoms with Gasteiger partial charge in [-0.05, 0) is 34.9 Å². The van der Waals surface area contributed by atoms with Gasteiger partial charge in [0.15, 0.2) is 0 Å². The molecule has 0 N–H and O–H groups in total. The van der Waals surface area contributed by atoms with E-state index in [2.05, 4.69) is 0 Å². The Bertz CT molecular complexity index is 503. The Labute approximate surface area is 87.3 Å². The number of benzene rings is 2. The van der Waals surface area contributed by atoms with Crippen LogP contribution in [0.25, 0.3) is 10.8 Å². The van der Waals surface area contributed by atoms with Crippen molar-refractivity contribution in [2.45, 2.75) is 6.92 Å². The molecule has 0 spiro atoms. The van der Waals surface area contributed by atoms with E-state index in [-0.39, 0.29) is 5.24 Å². The first kappa shape index (κ1) is 9.22. The van der Waals surface area contributed by atoms with Crippen molar-refractivity contribution in [2.24, 2.45) is 0 Å². The summed E-state index contributed by atoms with van der Waals surface area (Å²) >= 11 is 5.55. The molecular formula is C12H9ClO. The van der Waals surface area contributed by atoms with E-state index < -0.39 is 0 Å². The minimum atomic E-state index is -0.390. The van der Waals surface area contributed by atoms with Crippen LogP contribution in [0.4, 0.5) is 0 Å². The van der Waals surface area contributed by atoms with Crippen molar-refractivity contribution in [3.8, 4) is 0 Å². The molecule has 2 rings (SSSR count). The van der Waals surface area contributed by atoms with E-state index in [1.54, 1.807) is 0 Å². The molecule has 0 radical (unpaired) electrons. The first-order valence-corrected chi connectivity index (χ1v) is 4.76. The zero-order chi connectivity index (χ0) is 10.1. The van der Waals surface area contributed by atoms with Gasteiger partial charge in [0.05, 0.1) is 0 Å². The molecule has 0 aliphatic heterocycles. The van der Waals surface area contributed by atoms with Gasteiger partial charge in [0.1, 0.15) is 0 Å². The van der Waals surface area contributed by atoms with Crippen molar-refractivity contribution >= 4 is 27.6 Å². The Morgan fingerprint density at radius 2 is 1.86 bits per heavy atom. The highest BCUT2D eigenvalue weighted by Gasteiger charge is 2.09. The van der Waals surface area contributed by atoms with Gasteiger partial charge in [-0.2, -0.15) is 0 Å². The fourth-order valence-electron chi connectivity index (χ4n) is 1.64. The van der Waals surface area contributed by atoms with E-state index in [4.69, 9.17) is 11.6 Å². The molecule has 0 saturated carbocycles. The van der Waals surface area contributed by atoms with Gasteiger partial charge in [0.25, 0.3) is 5.24 Å². The second-order valence-corrected chi connectivity index (χ2v) is 3.60. The van der Waals surface area contributed by atoms with Crippen LogP contribution >= 0.6 is 11.6 Å². The van der Waals surface area contributed by atoms with E-state index in [1.165, 1.54) is 0 Å². The number of fused-ring (bicyclic) bond motifs is 1. The second-order valence-electron chi connectivity index (χ2n) is 3.25. The summed E-state index contributed by atoms with van der Waals surface area (Å²) in [6, 6.07) is 11.6. The summed E-state index contributed by atoms with van der Waals surface area (Å²) in [5.74, 6) is 0. The summed E-state index contributed by atoms with van der Waals surface area (Å²) < 4.78 is 0. The van der Waals surface area contributed by atoms with Gasteiger partial charge in [-0.3, -0.25) is 4.79 Å². The molecule has 0 aliphatic rings. The number of rotatable bonds is 1. The average Bonchev–Trinajstić information content (AvgIpc) is 2.17. The summed E-state index contributed by atoms with van der Waals surface area (Å²) in [6.07, 6.45) is 0. The lowest BCUT2D eigenvalue weighted by atomic mass is 10.0. The molecule has 2 heteroatoms. The van der Waals surface area contributed by atoms with Gasteiger partial charge in [-0.1, -0.05) is 36.4 Å². The fraction of sp³-hybridized carbons (Fsp3) is 0.0833. The van der Waals surface area contributed by atoms with Crippen molar-refractivity contribution in [1.29, 1.82) is 0 Å². The normalized spacial score (nSPS) is 10.4. The lowest BCUT2D eigenvalue weighted by molar-refractivity contribution is 0.108. The van der Waals surface area contributed by atoms with Crippen LogP contribution in [-0.2, 0) is 0 Å². The maximum Gasteiger partial charge on any atom is 0.253 e. The van der Waals surface area contributed by atoms with Crippen LogP contribution in [0.2, 0.25) is 0 Å². The van der Waals surface area contributed by atoms with Crippen LogP contribution in [0.3, 0.4) is 0 Å². The molecule has 2 aromatic carbocycles. The van der Waals surface area contributed by atoms with Crippen molar-refractivity contribution in [3.05, 3.63) is 47.5 Å². The zero-order valence-corrected chi connectivity index (χ0v) is 8.51. The van der Waals surface area contributed by atoms with Crippen LogP contribution in [0.5, 0.6) is 0 Å². The van der Waals surface area contributed by atoms with Crippen LogP contribution in [-0.4, -0.2) is 5.24 Å². The molecule has 0 aromatic heterocycles. The number of hydrogen-bond donors (Lipinski definition) is 0. The Morgan fingerprint density at radius 3 is 2.57 bits per heavy atom. The predicted octanol–water partition coefficient (Wildman–Crippen LogP) is 3.53. The smallest absolute Gasteiger partial charge is 0.253 e. The number of halogens is 1. The third-order valence-corrected chi connectivity index (χ3v) is 2.52. The van der Waals surface area contributed by atoms with Crippen LogP contribution in [0.1, 0.15) is 15.9 Å². The van der Waals surface area contributed by atoms with Gasteiger partial charge < -0.3 is 0 Å². The quantitative estimate of drug-likeness (QED) is 0.650. The maximum absolute atomic E-state index is 11.2. The average molecular weight is 205 g/mol. The van der Waals surface area contributed by atoms with Crippen molar-refractivity contribution in [1.82, 2.24) is 0 Å². The third kappa shape index (κ3) is 1.40. The highest BCUT2D eigenvalue weighted by atomic mass is 35.5. The molecule has 70 valence electrons. The number of carbonyl (C=O) groups is 1. The van der Waals surface area contributed by atoms with Crippen molar-refractivity contribution in [3.63, 3.8) is 0 Å². The Morgan fingerprint density at radius 1 is 1.14 bits per heavy atom. The SMILES string of the molecule is Cc1ccc2ccccc2c1C(=O)Cl. The highest BCUT2D eigenvalue weighted by molar-refractivity contribution is 6.68. The first-order chi connectivity index (χ1) is 6.70. The van der Waals surface area contributed by atoms with Crippen LogP contribution < -0.4 is 0 Å². The molecule has 14 heavy (non-hydrogen) atoms. The maximum atomic E-state index is 11.2. The zero-order valence-electron chi connectivity index (χ0n) is 7.75. The summed E-state index contributed by atoms with van der Waals surface area (Å²) in [4.78, 5) is 11.2. The number of aryl methyl sites for hydroxylation is 1. The molecule has 0 heterocycles. The Kier molecular flexibility index (Phi) is 2.26. The topological polar surface area (TPSA) is 17.1 Å². The Balaban J connectivity index is 2.90. The lowest BCUT2D eigenvalue weighted by Crippen LogP contribution is -1.94. The first-order valence-electron chi connectivity index (χ1n) is 4.38. The molecule has 0 saturated heterocycles. The monoisotopic (exact) mass is 204 g/mol. The predicted molar refractivity (Wildman–Crippen MR) is 58.9 cm³/mol. The van der Waals surface area contributed by atoms with E-state index in [9.17, 15) is 4.79 Å². The van der Waals surface area contributed by atoms with E-state index in [0.29, 0.717) is 5.56 Å². The van der Waals surface area contributed by atoms with E-state index in [0.717, 1.165) is 16.3 Å². The minimum absolute atomic E-state index is 0.390. The van der Waals surface area contributed by atoms with Gasteiger partial charge in [0, 0.05) is 5.56 Å². The summed E-state index contributed by atoms with van der Waals surface area (Å²) in [5, 5.41) is 1.58. The third-order valence-electron chi connectivity index (χ3n) is 2.33. The number of carbonyl (C=O) groups excluding carboxylic acids is 1.